The summed E-state index contributed by atoms with van der Waals surface area (Å²) in [6.45, 7) is 3.63. The van der Waals surface area contributed by atoms with Crippen molar-refractivity contribution in [1.29, 1.82) is 0 Å². The number of rotatable bonds is 3. The van der Waals surface area contributed by atoms with Crippen LogP contribution in [0.2, 0.25) is 0 Å². The van der Waals surface area contributed by atoms with Gasteiger partial charge in [0.2, 0.25) is 0 Å². The number of carbonyl (C=O) groups is 3. The zero-order chi connectivity index (χ0) is 10.0. The first-order chi connectivity index (χ1) is 6.06. The molecule has 0 aromatic heterocycles. The molecule has 0 aromatic carbocycles. The van der Waals surface area contributed by atoms with Gasteiger partial charge in [-0.05, 0) is 6.92 Å². The van der Waals surface area contributed by atoms with Crippen molar-refractivity contribution < 1.29 is 14.4 Å². The number of nitrogens with zero attached hydrogens (tertiary/aromatic N) is 1. The molecule has 2 unspecified atom stereocenters. The third-order valence-corrected chi connectivity index (χ3v) is 2.05. The van der Waals surface area contributed by atoms with Crippen molar-refractivity contribution in [1.82, 2.24) is 10.2 Å². The Morgan fingerprint density at radius 2 is 2.23 bits per heavy atom. The summed E-state index contributed by atoms with van der Waals surface area (Å²) in [5, 5.41) is 2.18. The molecule has 0 bridgehead atoms. The molecule has 0 aromatic rings. The Bertz CT molecular complexity index is 252. The topological polar surface area (TPSA) is 66.5 Å². The largest absolute Gasteiger partial charge is 0.324 e. The Hall–Kier alpha value is -1.39. The molecule has 3 amide bonds. The highest BCUT2D eigenvalue weighted by molar-refractivity contribution is 6.03. The number of imide groups is 1. The molecule has 5 nitrogen and oxygen atoms in total. The van der Waals surface area contributed by atoms with Crippen LogP contribution >= 0.6 is 0 Å². The van der Waals surface area contributed by atoms with Gasteiger partial charge in [0.05, 0.1) is 0 Å². The van der Waals surface area contributed by atoms with Gasteiger partial charge in [-0.25, -0.2) is 4.79 Å². The van der Waals surface area contributed by atoms with Crippen molar-refractivity contribution >= 4 is 18.2 Å². The predicted molar refractivity (Wildman–Crippen MR) is 44.9 cm³/mol. The van der Waals surface area contributed by atoms with Crippen LogP contribution in [0.3, 0.4) is 0 Å². The van der Waals surface area contributed by atoms with Crippen molar-refractivity contribution in [3.8, 4) is 0 Å². The zero-order valence-corrected chi connectivity index (χ0v) is 7.61. The normalized spacial score (nSPS) is 24.5. The van der Waals surface area contributed by atoms with Crippen LogP contribution < -0.4 is 5.32 Å². The highest BCUT2D eigenvalue weighted by Crippen LogP contribution is 2.09. The monoisotopic (exact) mass is 184 g/mol. The quantitative estimate of drug-likeness (QED) is 0.486. The summed E-state index contributed by atoms with van der Waals surface area (Å²) in [7, 11) is 0. The van der Waals surface area contributed by atoms with E-state index < -0.39 is 12.1 Å². The minimum atomic E-state index is -0.463. The van der Waals surface area contributed by atoms with Crippen LogP contribution in [0.5, 0.6) is 0 Å². The molecule has 1 aliphatic rings. The second-order valence-corrected chi connectivity index (χ2v) is 3.24. The molecule has 1 heterocycles. The van der Waals surface area contributed by atoms with Crippen LogP contribution in [0.15, 0.2) is 0 Å². The van der Waals surface area contributed by atoms with E-state index in [1.165, 1.54) is 4.90 Å². The van der Waals surface area contributed by atoms with Gasteiger partial charge in [-0.3, -0.25) is 10.1 Å². The van der Waals surface area contributed by atoms with E-state index in [2.05, 4.69) is 5.32 Å². The maximum absolute atomic E-state index is 11.1. The van der Waals surface area contributed by atoms with Gasteiger partial charge in [0.15, 0.2) is 0 Å². The van der Waals surface area contributed by atoms with Gasteiger partial charge in [-0.15, -0.1) is 0 Å². The number of hydrogen-bond donors (Lipinski definition) is 1. The lowest BCUT2D eigenvalue weighted by Gasteiger charge is -2.19. The van der Waals surface area contributed by atoms with Gasteiger partial charge in [-0.2, -0.15) is 0 Å². The smallest absolute Gasteiger partial charge is 0.312 e. The molecule has 1 saturated heterocycles. The van der Waals surface area contributed by atoms with Crippen LogP contribution in [0.4, 0.5) is 4.79 Å². The summed E-state index contributed by atoms with van der Waals surface area (Å²) in [6.07, 6.45) is 0.767. The van der Waals surface area contributed by atoms with Crippen LogP contribution in [-0.4, -0.2) is 35.7 Å². The summed E-state index contributed by atoms with van der Waals surface area (Å²) in [5.74, 6) is -0.540. The first-order valence-corrected chi connectivity index (χ1v) is 4.13. The molecule has 13 heavy (non-hydrogen) atoms. The van der Waals surface area contributed by atoms with E-state index in [4.69, 9.17) is 0 Å². The highest BCUT2D eigenvalue weighted by Gasteiger charge is 2.35. The molecule has 0 radical (unpaired) electrons. The first-order valence-electron chi connectivity index (χ1n) is 4.13. The Balaban J connectivity index is 2.63. The van der Waals surface area contributed by atoms with Gasteiger partial charge in [-0.1, -0.05) is 6.92 Å². The molecule has 0 spiro atoms. The average Bonchev–Trinajstić information content (AvgIpc) is 2.32. The van der Waals surface area contributed by atoms with E-state index in [0.29, 0.717) is 6.54 Å². The fourth-order valence-electron chi connectivity index (χ4n) is 1.19. The molecule has 5 heteroatoms. The molecule has 1 N–H and O–H groups in total. The Kier molecular flexibility index (Phi) is 2.65. The van der Waals surface area contributed by atoms with Crippen molar-refractivity contribution in [2.45, 2.75) is 19.9 Å². The third kappa shape index (κ3) is 1.85. The minimum Gasteiger partial charge on any atom is -0.312 e. The predicted octanol–water partition coefficient (Wildman–Crippen LogP) is -0.238. The van der Waals surface area contributed by atoms with E-state index in [-0.39, 0.29) is 11.8 Å². The lowest BCUT2D eigenvalue weighted by molar-refractivity contribution is -0.121. The zero-order valence-electron chi connectivity index (χ0n) is 7.61. The number of nitrogens with one attached hydrogen (secondary N) is 1. The summed E-state index contributed by atoms with van der Waals surface area (Å²) < 4.78 is 0. The van der Waals surface area contributed by atoms with E-state index in [0.717, 1.165) is 6.29 Å². The maximum Gasteiger partial charge on any atom is 0.324 e. The third-order valence-electron chi connectivity index (χ3n) is 2.05. The first kappa shape index (κ1) is 9.70. The lowest BCUT2D eigenvalue weighted by Crippen LogP contribution is -2.36. The average molecular weight is 184 g/mol. The molecule has 0 saturated carbocycles. The van der Waals surface area contributed by atoms with Crippen molar-refractivity contribution in [3.05, 3.63) is 0 Å². The maximum atomic E-state index is 11.1. The molecular weight excluding hydrogens is 172 g/mol. The van der Waals surface area contributed by atoms with Crippen LogP contribution in [0.1, 0.15) is 13.8 Å². The van der Waals surface area contributed by atoms with Crippen molar-refractivity contribution in [2.75, 3.05) is 6.54 Å². The second kappa shape index (κ2) is 3.55. The summed E-state index contributed by atoms with van der Waals surface area (Å²) >= 11 is 0. The van der Waals surface area contributed by atoms with E-state index >= 15 is 0 Å². The molecule has 2 atom stereocenters. The fraction of sp³-hybridized carbons (Fsp3) is 0.625. The van der Waals surface area contributed by atoms with E-state index in [1.807, 2.05) is 0 Å². The molecule has 72 valence electrons. The number of hydrogen-bond acceptors (Lipinski definition) is 3. The van der Waals surface area contributed by atoms with Crippen LogP contribution in [0, 0.1) is 5.92 Å². The number of carbonyl (C=O) groups excluding carboxylic acids is 3. The number of aldehydes is 1. The SMILES string of the molecule is CC(C=O)CN1C(=O)NC(=O)C1C. The standard InChI is InChI=1S/C8H12N2O3/c1-5(4-11)3-10-6(2)7(12)9-8(10)13/h4-6H,3H2,1-2H3,(H,9,12,13). The van der Waals surface area contributed by atoms with Gasteiger partial charge in [0, 0.05) is 12.5 Å². The van der Waals surface area contributed by atoms with Crippen molar-refractivity contribution in [2.24, 2.45) is 5.92 Å². The summed E-state index contributed by atoms with van der Waals surface area (Å²) in [6, 6.07) is -0.874. The highest BCUT2D eigenvalue weighted by atomic mass is 16.2. The Morgan fingerprint density at radius 1 is 1.62 bits per heavy atom. The van der Waals surface area contributed by atoms with E-state index in [1.54, 1.807) is 13.8 Å². The Morgan fingerprint density at radius 3 is 2.62 bits per heavy atom. The van der Waals surface area contributed by atoms with Crippen LogP contribution in [0.25, 0.3) is 0 Å². The molecule has 1 rings (SSSR count). The van der Waals surface area contributed by atoms with Gasteiger partial charge >= 0.3 is 6.03 Å². The fourth-order valence-corrected chi connectivity index (χ4v) is 1.19. The molecular formula is C8H12N2O3. The second-order valence-electron chi connectivity index (χ2n) is 3.24. The molecule has 1 fully saturated rings. The number of amides is 3. The Labute approximate surface area is 76.1 Å². The summed E-state index contributed by atoms with van der Waals surface area (Å²) in [5.41, 5.74) is 0. The van der Waals surface area contributed by atoms with Crippen molar-refractivity contribution in [3.63, 3.8) is 0 Å². The molecule has 0 aliphatic carbocycles. The van der Waals surface area contributed by atoms with Gasteiger partial charge < -0.3 is 9.69 Å². The minimum absolute atomic E-state index is 0.237. The number of urea groups is 1. The van der Waals surface area contributed by atoms with Crippen LogP contribution in [-0.2, 0) is 9.59 Å². The van der Waals surface area contributed by atoms with Gasteiger partial charge in [0.25, 0.3) is 5.91 Å². The lowest BCUT2D eigenvalue weighted by atomic mass is 10.2. The molecule has 1 aliphatic heterocycles. The van der Waals surface area contributed by atoms with Gasteiger partial charge in [0.1, 0.15) is 12.3 Å². The summed E-state index contributed by atoms with van der Waals surface area (Å²) in [4.78, 5) is 33.8. The van der Waals surface area contributed by atoms with E-state index in [9.17, 15) is 14.4 Å².